The van der Waals surface area contributed by atoms with E-state index in [2.05, 4.69) is 9.97 Å². The number of imidazole rings is 1. The predicted molar refractivity (Wildman–Crippen MR) is 95.7 cm³/mol. The van der Waals surface area contributed by atoms with Crippen molar-refractivity contribution in [2.75, 3.05) is 31.2 Å². The molecule has 0 aliphatic carbocycles. The number of benzene rings is 1. The molecule has 1 spiro atoms. The minimum absolute atomic E-state index is 0.0626. The summed E-state index contributed by atoms with van der Waals surface area (Å²) in [5.41, 5.74) is 0.775. The van der Waals surface area contributed by atoms with Crippen LogP contribution in [0.3, 0.4) is 0 Å². The van der Waals surface area contributed by atoms with Crippen molar-refractivity contribution in [3.05, 3.63) is 35.2 Å². The quantitative estimate of drug-likeness (QED) is 0.629. The van der Waals surface area contributed by atoms with Crippen molar-refractivity contribution < 1.29 is 22.7 Å². The van der Waals surface area contributed by atoms with E-state index in [1.807, 2.05) is 4.90 Å². The van der Waals surface area contributed by atoms with Gasteiger partial charge in [-0.05, 0) is 31.5 Å². The highest BCUT2D eigenvalue weighted by atomic mass is 19.4. The molecule has 4 heterocycles. The number of alkyl halides is 3. The molecule has 5 rings (SSSR count). The Balaban J connectivity index is 1.79. The maximum Gasteiger partial charge on any atom is 0.434 e. The van der Waals surface area contributed by atoms with Gasteiger partial charge >= 0.3 is 6.18 Å². The number of ether oxygens (including phenoxy) is 1. The van der Waals surface area contributed by atoms with E-state index in [1.165, 1.54) is 11.3 Å². The summed E-state index contributed by atoms with van der Waals surface area (Å²) < 4.78 is 46.7. The summed E-state index contributed by atoms with van der Waals surface area (Å²) in [4.78, 5) is 22.6. The lowest BCUT2D eigenvalue weighted by Crippen LogP contribution is -2.66. The van der Waals surface area contributed by atoms with E-state index in [4.69, 9.17) is 4.74 Å². The maximum absolute atomic E-state index is 13.3. The van der Waals surface area contributed by atoms with Gasteiger partial charge in [0, 0.05) is 30.2 Å². The summed E-state index contributed by atoms with van der Waals surface area (Å²) in [5.74, 6) is 0.181. The Bertz CT molecular complexity index is 1140. The fraction of sp³-hybridized carbons (Fsp3) is 0.421. The van der Waals surface area contributed by atoms with Crippen molar-refractivity contribution in [1.82, 2.24) is 14.4 Å². The first-order valence-corrected chi connectivity index (χ1v) is 8.91. The number of nitrogens with zero attached hydrogens (tertiary/aromatic N) is 4. The van der Waals surface area contributed by atoms with Gasteiger partial charge in [-0.15, -0.1) is 0 Å². The third-order valence-electron chi connectivity index (χ3n) is 5.45. The lowest BCUT2D eigenvalue weighted by atomic mass is 9.78. The molecule has 0 atom stereocenters. The monoisotopic (exact) mass is 390 g/mol. The van der Waals surface area contributed by atoms with Gasteiger partial charge in [0.1, 0.15) is 5.65 Å². The number of anilines is 1. The SMILES string of the molecule is CC(=O)c1cc(C)cc2c1nc(N1CC3(COC3)C1)n1cc(C(F)(F)F)nc21. The van der Waals surface area contributed by atoms with Crippen molar-refractivity contribution in [2.45, 2.75) is 20.0 Å². The van der Waals surface area contributed by atoms with E-state index in [0.717, 1.165) is 11.8 Å². The van der Waals surface area contributed by atoms with Gasteiger partial charge in [-0.25, -0.2) is 9.97 Å². The first-order valence-electron chi connectivity index (χ1n) is 8.91. The standard InChI is InChI=1S/C19H17F3N4O2/c1-10-3-12(11(2)27)15-13(4-10)16-23-14(19(20,21)22)5-26(16)17(24-15)25-6-18(7-25)8-28-9-18/h3-5H,6-9H2,1-2H3. The first-order chi connectivity index (χ1) is 13.2. The summed E-state index contributed by atoms with van der Waals surface area (Å²) in [6.07, 6.45) is -3.59. The molecular formula is C19H17F3N4O2. The Morgan fingerprint density at radius 1 is 1.21 bits per heavy atom. The number of Topliss-reactive ketones (excluding diaryl/α,β-unsaturated/α-hetero) is 1. The topological polar surface area (TPSA) is 59.7 Å². The lowest BCUT2D eigenvalue weighted by molar-refractivity contribution is -0.140. The Labute approximate surface area is 157 Å². The van der Waals surface area contributed by atoms with Crippen LogP contribution in [0.5, 0.6) is 0 Å². The highest BCUT2D eigenvalue weighted by Gasteiger charge is 2.50. The highest BCUT2D eigenvalue weighted by Crippen LogP contribution is 2.41. The molecule has 3 aromatic rings. The first kappa shape index (κ1) is 17.4. The molecule has 2 fully saturated rings. The number of aromatic nitrogens is 3. The van der Waals surface area contributed by atoms with Gasteiger partial charge in [0.25, 0.3) is 0 Å². The number of rotatable bonds is 2. The highest BCUT2D eigenvalue weighted by molar-refractivity contribution is 6.09. The zero-order valence-corrected chi connectivity index (χ0v) is 15.3. The van der Waals surface area contributed by atoms with E-state index >= 15 is 0 Å². The minimum atomic E-state index is -4.57. The fourth-order valence-electron chi connectivity index (χ4n) is 4.05. The molecule has 146 valence electrons. The molecule has 1 aromatic carbocycles. The third-order valence-corrected chi connectivity index (χ3v) is 5.45. The molecule has 0 bridgehead atoms. The average Bonchev–Trinajstić information content (AvgIpc) is 2.97. The van der Waals surface area contributed by atoms with Crippen LogP contribution in [0.25, 0.3) is 16.6 Å². The van der Waals surface area contributed by atoms with Gasteiger partial charge in [0.15, 0.2) is 11.5 Å². The molecule has 0 amide bonds. The Morgan fingerprint density at radius 3 is 2.50 bits per heavy atom. The van der Waals surface area contributed by atoms with Gasteiger partial charge < -0.3 is 9.64 Å². The maximum atomic E-state index is 13.3. The van der Waals surface area contributed by atoms with E-state index in [-0.39, 0.29) is 16.8 Å². The molecule has 2 aromatic heterocycles. The smallest absolute Gasteiger partial charge is 0.380 e. The second-order valence-electron chi connectivity index (χ2n) is 7.84. The number of carbonyl (C=O) groups is 1. The van der Waals surface area contributed by atoms with E-state index in [1.54, 1.807) is 19.1 Å². The van der Waals surface area contributed by atoms with E-state index in [9.17, 15) is 18.0 Å². The van der Waals surface area contributed by atoms with Crippen molar-refractivity contribution in [2.24, 2.45) is 5.41 Å². The van der Waals surface area contributed by atoms with Crippen LogP contribution in [0.4, 0.5) is 19.1 Å². The van der Waals surface area contributed by atoms with Crippen molar-refractivity contribution in [1.29, 1.82) is 0 Å². The number of halogens is 3. The van der Waals surface area contributed by atoms with Gasteiger partial charge in [-0.1, -0.05) is 0 Å². The van der Waals surface area contributed by atoms with Crippen molar-refractivity contribution in [3.63, 3.8) is 0 Å². The Hall–Kier alpha value is -2.68. The molecule has 2 saturated heterocycles. The molecular weight excluding hydrogens is 373 g/mol. The molecule has 9 heteroatoms. The Kier molecular flexibility index (Phi) is 3.38. The van der Waals surface area contributed by atoms with Crippen LogP contribution in [0.1, 0.15) is 28.5 Å². The van der Waals surface area contributed by atoms with Gasteiger partial charge in [0.2, 0.25) is 5.95 Å². The van der Waals surface area contributed by atoms with Crippen molar-refractivity contribution >= 4 is 28.3 Å². The molecule has 0 N–H and O–H groups in total. The molecule has 0 unspecified atom stereocenters. The third kappa shape index (κ3) is 2.42. The summed E-state index contributed by atoms with van der Waals surface area (Å²) in [6, 6.07) is 3.43. The fourth-order valence-corrected chi connectivity index (χ4v) is 4.05. The zero-order valence-electron chi connectivity index (χ0n) is 15.3. The van der Waals surface area contributed by atoms with Crippen LogP contribution in [0.2, 0.25) is 0 Å². The second-order valence-corrected chi connectivity index (χ2v) is 7.84. The zero-order chi connectivity index (χ0) is 19.8. The number of carbonyl (C=O) groups excluding carboxylic acids is 1. The van der Waals surface area contributed by atoms with Crippen LogP contribution in [-0.4, -0.2) is 46.5 Å². The number of fused-ring (bicyclic) bond motifs is 3. The van der Waals surface area contributed by atoms with Crippen LogP contribution in [-0.2, 0) is 10.9 Å². The number of ketones is 1. The summed E-state index contributed by atoms with van der Waals surface area (Å²) in [6.45, 7) is 5.82. The molecule has 28 heavy (non-hydrogen) atoms. The van der Waals surface area contributed by atoms with E-state index < -0.39 is 11.9 Å². The number of hydrogen-bond acceptors (Lipinski definition) is 5. The number of hydrogen-bond donors (Lipinski definition) is 0. The summed E-state index contributed by atoms with van der Waals surface area (Å²) in [5, 5.41) is 0.437. The normalized spacial score (nSPS) is 18.5. The number of aryl methyl sites for hydroxylation is 1. The van der Waals surface area contributed by atoms with E-state index in [0.29, 0.717) is 48.7 Å². The molecule has 2 aliphatic heterocycles. The predicted octanol–water partition coefficient (Wildman–Crippen LogP) is 3.25. The molecule has 0 saturated carbocycles. The van der Waals surface area contributed by atoms with Gasteiger partial charge in [0.05, 0.1) is 24.1 Å². The molecule has 2 aliphatic rings. The largest absolute Gasteiger partial charge is 0.434 e. The van der Waals surface area contributed by atoms with Crippen molar-refractivity contribution in [3.8, 4) is 0 Å². The average molecular weight is 390 g/mol. The molecule has 0 radical (unpaired) electrons. The van der Waals surface area contributed by atoms with Crippen LogP contribution in [0.15, 0.2) is 18.3 Å². The lowest BCUT2D eigenvalue weighted by Gasteiger charge is -2.55. The Morgan fingerprint density at radius 2 is 1.93 bits per heavy atom. The van der Waals surface area contributed by atoms with Crippen LogP contribution < -0.4 is 4.90 Å². The second kappa shape index (κ2) is 5.44. The van der Waals surface area contributed by atoms with Crippen LogP contribution in [0, 0.1) is 12.3 Å². The van der Waals surface area contributed by atoms with Gasteiger partial charge in [-0.2, -0.15) is 13.2 Å². The van der Waals surface area contributed by atoms with Gasteiger partial charge in [-0.3, -0.25) is 9.20 Å². The van der Waals surface area contributed by atoms with Crippen LogP contribution >= 0.6 is 0 Å². The minimum Gasteiger partial charge on any atom is -0.380 e. The molecule has 6 nitrogen and oxygen atoms in total. The summed E-state index contributed by atoms with van der Waals surface area (Å²) in [7, 11) is 0. The summed E-state index contributed by atoms with van der Waals surface area (Å²) >= 11 is 0.